The molecule has 7 heteroatoms. The topological polar surface area (TPSA) is 83.7 Å². The van der Waals surface area contributed by atoms with Gasteiger partial charge < -0.3 is 10.0 Å². The summed E-state index contributed by atoms with van der Waals surface area (Å²) in [6, 6.07) is 2.76. The Morgan fingerprint density at radius 1 is 1.47 bits per heavy atom. The van der Waals surface area contributed by atoms with Gasteiger partial charge in [0.15, 0.2) is 0 Å². The first-order valence-corrected chi connectivity index (χ1v) is 5.88. The van der Waals surface area contributed by atoms with E-state index in [0.717, 1.165) is 0 Å². The fourth-order valence-electron chi connectivity index (χ4n) is 1.60. The molecule has 0 atom stereocenters. The highest BCUT2D eigenvalue weighted by Gasteiger charge is 2.33. The summed E-state index contributed by atoms with van der Waals surface area (Å²) >= 11 is 5.85. The van der Waals surface area contributed by atoms with Gasteiger partial charge in [-0.2, -0.15) is 0 Å². The Morgan fingerprint density at radius 3 is 2.42 bits per heavy atom. The highest BCUT2D eigenvalue weighted by molar-refractivity contribution is 6.33. The number of halogens is 1. The molecular formula is C12H15ClN2O4. The second-order valence-corrected chi connectivity index (χ2v) is 5.18. The van der Waals surface area contributed by atoms with Crippen LogP contribution in [0.5, 0.6) is 0 Å². The maximum absolute atomic E-state index is 11.2. The second-order valence-electron chi connectivity index (χ2n) is 4.77. The molecule has 1 N–H and O–H groups in total. The number of likely N-dealkylation sites (N-methyl/N-ethyl adjacent to an activating group) is 1. The molecule has 0 spiro atoms. The minimum atomic E-state index is -1.15. The first kappa shape index (κ1) is 15.2. The lowest BCUT2D eigenvalue weighted by atomic mass is 10.0. The maximum Gasteiger partial charge on any atom is 0.328 e. The van der Waals surface area contributed by atoms with Crippen LogP contribution in [0.2, 0.25) is 5.02 Å². The molecule has 19 heavy (non-hydrogen) atoms. The van der Waals surface area contributed by atoms with Crippen molar-refractivity contribution in [3.05, 3.63) is 32.8 Å². The Labute approximate surface area is 115 Å². The highest BCUT2D eigenvalue weighted by atomic mass is 35.5. The van der Waals surface area contributed by atoms with Crippen molar-refractivity contribution in [3.8, 4) is 0 Å². The van der Waals surface area contributed by atoms with Gasteiger partial charge >= 0.3 is 5.97 Å². The number of anilines is 1. The molecule has 0 aliphatic carbocycles. The number of carbonyl (C=O) groups is 1. The average Bonchev–Trinajstić information content (AvgIpc) is 2.30. The van der Waals surface area contributed by atoms with Gasteiger partial charge in [0.05, 0.1) is 4.92 Å². The van der Waals surface area contributed by atoms with E-state index in [1.165, 1.54) is 17.0 Å². The van der Waals surface area contributed by atoms with Gasteiger partial charge in [-0.25, -0.2) is 4.79 Å². The summed E-state index contributed by atoms with van der Waals surface area (Å²) in [4.78, 5) is 23.0. The molecule has 1 aromatic carbocycles. The molecule has 0 radical (unpaired) electrons. The number of nitro groups is 1. The second kappa shape index (κ2) is 5.05. The third-order valence-electron chi connectivity index (χ3n) is 3.19. The van der Waals surface area contributed by atoms with Gasteiger partial charge in [-0.05, 0) is 32.4 Å². The Morgan fingerprint density at radius 2 is 2.00 bits per heavy atom. The first-order chi connectivity index (χ1) is 8.59. The Hall–Kier alpha value is -1.82. The Kier molecular flexibility index (Phi) is 4.05. The summed E-state index contributed by atoms with van der Waals surface area (Å²) in [5.41, 5.74) is -0.204. The van der Waals surface area contributed by atoms with Crippen LogP contribution in [0.1, 0.15) is 19.4 Å². The van der Waals surface area contributed by atoms with Crippen molar-refractivity contribution < 1.29 is 14.8 Å². The Bertz CT molecular complexity index is 543. The molecule has 0 saturated carbocycles. The summed E-state index contributed by atoms with van der Waals surface area (Å²) in [5, 5.41) is 20.0. The lowest BCUT2D eigenvalue weighted by molar-refractivity contribution is -0.384. The number of aliphatic carboxylic acids is 1. The summed E-state index contributed by atoms with van der Waals surface area (Å²) in [6.45, 7) is 4.77. The van der Waals surface area contributed by atoms with Crippen LogP contribution in [0, 0.1) is 17.0 Å². The molecule has 0 unspecified atom stereocenters. The monoisotopic (exact) mass is 286 g/mol. The van der Waals surface area contributed by atoms with Crippen molar-refractivity contribution in [2.45, 2.75) is 26.3 Å². The number of benzene rings is 1. The van der Waals surface area contributed by atoms with E-state index < -0.39 is 16.4 Å². The zero-order valence-electron chi connectivity index (χ0n) is 11.1. The average molecular weight is 287 g/mol. The van der Waals surface area contributed by atoms with Crippen LogP contribution in [-0.2, 0) is 4.79 Å². The van der Waals surface area contributed by atoms with E-state index in [1.54, 1.807) is 27.8 Å². The fourth-order valence-corrected chi connectivity index (χ4v) is 1.83. The molecule has 6 nitrogen and oxygen atoms in total. The maximum atomic E-state index is 11.2. The quantitative estimate of drug-likeness (QED) is 0.679. The smallest absolute Gasteiger partial charge is 0.328 e. The third-order valence-corrected chi connectivity index (χ3v) is 3.49. The van der Waals surface area contributed by atoms with Gasteiger partial charge in [0.1, 0.15) is 10.6 Å². The number of carboxylic acids is 1. The molecule has 1 rings (SSSR count). The van der Waals surface area contributed by atoms with Gasteiger partial charge in [-0.15, -0.1) is 0 Å². The van der Waals surface area contributed by atoms with Crippen LogP contribution in [0.15, 0.2) is 12.1 Å². The minimum Gasteiger partial charge on any atom is -0.480 e. The fraction of sp³-hybridized carbons (Fsp3) is 0.417. The molecule has 0 amide bonds. The predicted molar refractivity (Wildman–Crippen MR) is 73.0 cm³/mol. The van der Waals surface area contributed by atoms with E-state index in [1.807, 2.05) is 0 Å². The van der Waals surface area contributed by atoms with E-state index in [-0.39, 0.29) is 10.7 Å². The van der Waals surface area contributed by atoms with Crippen molar-refractivity contribution in [1.82, 2.24) is 0 Å². The molecule has 0 fully saturated rings. The van der Waals surface area contributed by atoms with Crippen LogP contribution >= 0.6 is 11.6 Å². The number of aryl methyl sites for hydroxylation is 1. The standard InChI is InChI=1S/C12H15ClN2O4/c1-7-5-10(15(18)19)8(13)6-9(7)14(4)12(2,3)11(16)17/h5-6H,1-4H3,(H,16,17). The number of nitrogens with zero attached hydrogens (tertiary/aromatic N) is 2. The molecule has 0 aliphatic rings. The third kappa shape index (κ3) is 2.78. The minimum absolute atomic E-state index is 0.0151. The van der Waals surface area contributed by atoms with Gasteiger partial charge in [-0.3, -0.25) is 10.1 Å². The lowest BCUT2D eigenvalue weighted by Gasteiger charge is -2.34. The van der Waals surface area contributed by atoms with Gasteiger partial charge in [0, 0.05) is 18.8 Å². The van der Waals surface area contributed by atoms with Crippen molar-refractivity contribution in [1.29, 1.82) is 0 Å². The zero-order valence-corrected chi connectivity index (χ0v) is 11.9. The van der Waals surface area contributed by atoms with Crippen molar-refractivity contribution in [2.24, 2.45) is 0 Å². The van der Waals surface area contributed by atoms with Crippen molar-refractivity contribution in [3.63, 3.8) is 0 Å². The van der Waals surface area contributed by atoms with E-state index >= 15 is 0 Å². The number of carboxylic acid groups (broad SMARTS) is 1. The molecule has 0 saturated heterocycles. The molecule has 0 heterocycles. The SMILES string of the molecule is Cc1cc([N+](=O)[O-])c(Cl)cc1N(C)C(C)(C)C(=O)O. The molecule has 0 aromatic heterocycles. The number of hydrogen-bond acceptors (Lipinski definition) is 4. The predicted octanol–water partition coefficient (Wildman–Crippen LogP) is 2.86. The summed E-state index contributed by atoms with van der Waals surface area (Å²) in [6.07, 6.45) is 0. The molecule has 1 aromatic rings. The summed E-state index contributed by atoms with van der Waals surface area (Å²) < 4.78 is 0. The molecule has 0 aliphatic heterocycles. The van der Waals surface area contributed by atoms with Crippen LogP contribution in [-0.4, -0.2) is 28.6 Å². The Balaban J connectivity index is 3.34. The molecule has 104 valence electrons. The zero-order chi connectivity index (χ0) is 15.0. The van der Waals surface area contributed by atoms with Crippen molar-refractivity contribution in [2.75, 3.05) is 11.9 Å². The highest BCUT2D eigenvalue weighted by Crippen LogP contribution is 2.34. The summed E-state index contributed by atoms with van der Waals surface area (Å²) in [5.74, 6) is -0.996. The van der Waals surface area contributed by atoms with E-state index in [4.69, 9.17) is 11.6 Å². The largest absolute Gasteiger partial charge is 0.480 e. The number of nitro benzene ring substituents is 1. The molecular weight excluding hydrogens is 272 g/mol. The molecule has 0 bridgehead atoms. The van der Waals surface area contributed by atoms with Crippen LogP contribution in [0.4, 0.5) is 11.4 Å². The van der Waals surface area contributed by atoms with Crippen molar-refractivity contribution >= 4 is 28.9 Å². The normalized spacial score (nSPS) is 11.2. The van der Waals surface area contributed by atoms with E-state index in [0.29, 0.717) is 11.3 Å². The van der Waals surface area contributed by atoms with Crippen LogP contribution in [0.3, 0.4) is 0 Å². The lowest BCUT2D eigenvalue weighted by Crippen LogP contribution is -2.48. The van der Waals surface area contributed by atoms with E-state index in [2.05, 4.69) is 0 Å². The number of rotatable bonds is 4. The van der Waals surface area contributed by atoms with Gasteiger partial charge in [0.25, 0.3) is 5.69 Å². The van der Waals surface area contributed by atoms with E-state index in [9.17, 15) is 20.0 Å². The first-order valence-electron chi connectivity index (χ1n) is 5.50. The van der Waals surface area contributed by atoms with Crippen LogP contribution < -0.4 is 4.90 Å². The van der Waals surface area contributed by atoms with Gasteiger partial charge in [0.2, 0.25) is 0 Å². The number of hydrogen-bond donors (Lipinski definition) is 1. The van der Waals surface area contributed by atoms with Crippen LogP contribution in [0.25, 0.3) is 0 Å². The van der Waals surface area contributed by atoms with Gasteiger partial charge in [-0.1, -0.05) is 11.6 Å². The summed E-state index contributed by atoms with van der Waals surface area (Å²) in [7, 11) is 1.61.